The van der Waals surface area contributed by atoms with Crippen LogP contribution in [0.25, 0.3) is 0 Å². The molecule has 23 heavy (non-hydrogen) atoms. The summed E-state index contributed by atoms with van der Waals surface area (Å²) in [6, 6.07) is 6.10. The third kappa shape index (κ3) is 3.26. The smallest absolute Gasteiger partial charge is 0.228 e. The van der Waals surface area contributed by atoms with E-state index in [1.54, 1.807) is 0 Å². The Bertz CT molecular complexity index is 618. The standard InChI is InChI=1S/C19H26N2O2/c1-12(2)14-8-6-7-13(3)17(14)20-18(22)15-11-16(15)19(23)21-9-4-5-10-21/h6-8,12,15-16H,4-5,9-11H2,1-3H3,(H,20,22). The van der Waals surface area contributed by atoms with E-state index in [0.29, 0.717) is 12.3 Å². The topological polar surface area (TPSA) is 49.4 Å². The summed E-state index contributed by atoms with van der Waals surface area (Å²) >= 11 is 0. The molecule has 1 saturated carbocycles. The molecule has 2 amide bonds. The second-order valence-corrected chi connectivity index (χ2v) is 7.16. The average Bonchev–Trinajstić information content (AvgIpc) is 3.13. The summed E-state index contributed by atoms with van der Waals surface area (Å²) < 4.78 is 0. The van der Waals surface area contributed by atoms with E-state index >= 15 is 0 Å². The van der Waals surface area contributed by atoms with Gasteiger partial charge in [-0.25, -0.2) is 0 Å². The summed E-state index contributed by atoms with van der Waals surface area (Å²) in [6.45, 7) is 7.99. The molecule has 3 rings (SSSR count). The summed E-state index contributed by atoms with van der Waals surface area (Å²) in [5, 5.41) is 3.09. The minimum Gasteiger partial charge on any atom is -0.342 e. The fourth-order valence-electron chi connectivity index (χ4n) is 3.49. The van der Waals surface area contributed by atoms with Crippen LogP contribution in [0.1, 0.15) is 50.2 Å². The van der Waals surface area contributed by atoms with Gasteiger partial charge in [0.25, 0.3) is 0 Å². The maximum Gasteiger partial charge on any atom is 0.228 e. The number of likely N-dealkylation sites (tertiary alicyclic amines) is 1. The molecule has 0 bridgehead atoms. The van der Waals surface area contributed by atoms with Gasteiger partial charge < -0.3 is 10.2 Å². The Kier molecular flexibility index (Phi) is 4.42. The van der Waals surface area contributed by atoms with E-state index in [-0.39, 0.29) is 23.7 Å². The second-order valence-electron chi connectivity index (χ2n) is 7.16. The number of anilines is 1. The lowest BCUT2D eigenvalue weighted by atomic mass is 9.98. The molecule has 2 unspecified atom stereocenters. The van der Waals surface area contributed by atoms with Crippen molar-refractivity contribution in [2.24, 2.45) is 11.8 Å². The summed E-state index contributed by atoms with van der Waals surface area (Å²) in [7, 11) is 0. The number of hydrogen-bond donors (Lipinski definition) is 1. The van der Waals surface area contributed by atoms with Crippen LogP contribution in [0.4, 0.5) is 5.69 Å². The summed E-state index contributed by atoms with van der Waals surface area (Å²) in [6.07, 6.45) is 2.89. The van der Waals surface area contributed by atoms with Crippen LogP contribution in [0, 0.1) is 18.8 Å². The van der Waals surface area contributed by atoms with Gasteiger partial charge in [0.1, 0.15) is 0 Å². The quantitative estimate of drug-likeness (QED) is 0.927. The first kappa shape index (κ1) is 16.0. The second kappa shape index (κ2) is 6.34. The highest BCUT2D eigenvalue weighted by Crippen LogP contribution is 2.42. The van der Waals surface area contributed by atoms with Gasteiger partial charge in [-0.2, -0.15) is 0 Å². The van der Waals surface area contributed by atoms with Crippen LogP contribution in [0.15, 0.2) is 18.2 Å². The molecule has 1 N–H and O–H groups in total. The normalized spacial score (nSPS) is 23.2. The van der Waals surface area contributed by atoms with Crippen LogP contribution < -0.4 is 5.32 Å². The molecule has 124 valence electrons. The van der Waals surface area contributed by atoms with E-state index < -0.39 is 0 Å². The van der Waals surface area contributed by atoms with Gasteiger partial charge >= 0.3 is 0 Å². The number of carbonyl (C=O) groups excluding carboxylic acids is 2. The lowest BCUT2D eigenvalue weighted by Crippen LogP contribution is -2.30. The van der Waals surface area contributed by atoms with Crippen molar-refractivity contribution >= 4 is 17.5 Å². The van der Waals surface area contributed by atoms with Crippen molar-refractivity contribution in [3.05, 3.63) is 29.3 Å². The van der Waals surface area contributed by atoms with Gasteiger partial charge in [-0.1, -0.05) is 32.0 Å². The fourth-order valence-corrected chi connectivity index (χ4v) is 3.49. The molecule has 1 heterocycles. The van der Waals surface area contributed by atoms with Gasteiger partial charge in [-0.15, -0.1) is 0 Å². The molecule has 4 nitrogen and oxygen atoms in total. The van der Waals surface area contributed by atoms with Crippen molar-refractivity contribution in [3.63, 3.8) is 0 Å². The molecule has 1 aromatic rings. The average molecular weight is 314 g/mol. The van der Waals surface area contributed by atoms with Crippen molar-refractivity contribution < 1.29 is 9.59 Å². The summed E-state index contributed by atoms with van der Waals surface area (Å²) in [4.78, 5) is 26.8. The molecule has 4 heteroatoms. The van der Waals surface area contributed by atoms with Gasteiger partial charge in [-0.3, -0.25) is 9.59 Å². The monoisotopic (exact) mass is 314 g/mol. The number of benzene rings is 1. The van der Waals surface area contributed by atoms with Crippen LogP contribution in [0.2, 0.25) is 0 Å². The Balaban J connectivity index is 1.66. The van der Waals surface area contributed by atoms with Crippen molar-refractivity contribution in [3.8, 4) is 0 Å². The van der Waals surface area contributed by atoms with Crippen molar-refractivity contribution in [2.75, 3.05) is 18.4 Å². The number of nitrogens with zero attached hydrogens (tertiary/aromatic N) is 1. The minimum atomic E-state index is -0.150. The third-order valence-corrected chi connectivity index (χ3v) is 5.04. The van der Waals surface area contributed by atoms with Crippen molar-refractivity contribution in [1.29, 1.82) is 0 Å². The molecule has 2 aliphatic rings. The maximum atomic E-state index is 12.5. The molecule has 1 aliphatic heterocycles. The van der Waals surface area contributed by atoms with Gasteiger partial charge in [0.15, 0.2) is 0 Å². The lowest BCUT2D eigenvalue weighted by Gasteiger charge is -2.17. The van der Waals surface area contributed by atoms with E-state index in [0.717, 1.165) is 42.7 Å². The molecular weight excluding hydrogens is 288 g/mol. The third-order valence-electron chi connectivity index (χ3n) is 5.04. The first-order valence-corrected chi connectivity index (χ1v) is 8.68. The first-order valence-electron chi connectivity index (χ1n) is 8.68. The van der Waals surface area contributed by atoms with Crippen LogP contribution >= 0.6 is 0 Å². The molecular formula is C19H26N2O2. The van der Waals surface area contributed by atoms with Gasteiger partial charge in [0, 0.05) is 18.8 Å². The number of amides is 2. The van der Waals surface area contributed by atoms with E-state index in [9.17, 15) is 9.59 Å². The van der Waals surface area contributed by atoms with Crippen LogP contribution in [-0.2, 0) is 9.59 Å². The zero-order valence-electron chi connectivity index (χ0n) is 14.3. The number of rotatable bonds is 4. The number of nitrogens with one attached hydrogen (secondary N) is 1. The molecule has 1 saturated heterocycles. The number of hydrogen-bond acceptors (Lipinski definition) is 2. The highest BCUT2D eigenvalue weighted by atomic mass is 16.2. The molecule has 0 spiro atoms. The highest BCUT2D eigenvalue weighted by Gasteiger charge is 2.49. The fraction of sp³-hybridized carbons (Fsp3) is 0.579. The van der Waals surface area contributed by atoms with Crippen molar-refractivity contribution in [2.45, 2.75) is 46.0 Å². The van der Waals surface area contributed by atoms with Crippen LogP contribution in [0.5, 0.6) is 0 Å². The molecule has 1 aromatic carbocycles. The Morgan fingerprint density at radius 3 is 2.52 bits per heavy atom. The summed E-state index contributed by atoms with van der Waals surface area (Å²) in [5.41, 5.74) is 3.15. The Hall–Kier alpha value is -1.84. The molecule has 2 fully saturated rings. The van der Waals surface area contributed by atoms with Crippen LogP contribution in [0.3, 0.4) is 0 Å². The molecule has 1 aliphatic carbocycles. The van der Waals surface area contributed by atoms with Crippen LogP contribution in [-0.4, -0.2) is 29.8 Å². The van der Waals surface area contributed by atoms with Gasteiger partial charge in [-0.05, 0) is 43.2 Å². The van der Waals surface area contributed by atoms with E-state index in [2.05, 4.69) is 25.2 Å². The number of aryl methyl sites for hydroxylation is 1. The van der Waals surface area contributed by atoms with Gasteiger partial charge in [0.2, 0.25) is 11.8 Å². The SMILES string of the molecule is Cc1cccc(C(C)C)c1NC(=O)C1CC1C(=O)N1CCCC1. The molecule has 0 aromatic heterocycles. The molecule has 0 radical (unpaired) electrons. The largest absolute Gasteiger partial charge is 0.342 e. The first-order chi connectivity index (χ1) is 11.0. The number of para-hydroxylation sites is 1. The Labute approximate surface area is 138 Å². The van der Waals surface area contributed by atoms with Crippen molar-refractivity contribution in [1.82, 2.24) is 4.90 Å². The zero-order chi connectivity index (χ0) is 16.6. The molecule has 2 atom stereocenters. The van der Waals surface area contributed by atoms with E-state index in [1.807, 2.05) is 24.0 Å². The lowest BCUT2D eigenvalue weighted by molar-refractivity contribution is -0.133. The zero-order valence-corrected chi connectivity index (χ0v) is 14.3. The predicted octanol–water partition coefficient (Wildman–Crippen LogP) is 3.32. The highest BCUT2D eigenvalue weighted by molar-refractivity contribution is 6.00. The number of carbonyl (C=O) groups is 2. The van der Waals surface area contributed by atoms with E-state index in [4.69, 9.17) is 0 Å². The predicted molar refractivity (Wildman–Crippen MR) is 91.3 cm³/mol. The van der Waals surface area contributed by atoms with E-state index in [1.165, 1.54) is 0 Å². The maximum absolute atomic E-state index is 12.5. The minimum absolute atomic E-state index is 0.00116. The Morgan fingerprint density at radius 2 is 1.87 bits per heavy atom. The Morgan fingerprint density at radius 1 is 1.17 bits per heavy atom. The summed E-state index contributed by atoms with van der Waals surface area (Å²) in [5.74, 6) is 0.282. The van der Waals surface area contributed by atoms with Gasteiger partial charge in [0.05, 0.1) is 11.8 Å².